The molecule has 3 rings (SSSR count). The van der Waals surface area contributed by atoms with Crippen LogP contribution in [0.5, 0.6) is 17.4 Å². The van der Waals surface area contributed by atoms with E-state index in [0.29, 0.717) is 17.1 Å². The highest BCUT2D eigenvalue weighted by Gasteiger charge is 2.01. The summed E-state index contributed by atoms with van der Waals surface area (Å²) in [6.45, 7) is 0. The monoisotopic (exact) mass is 296 g/mol. The van der Waals surface area contributed by atoms with Gasteiger partial charge < -0.3 is 14.9 Å². The number of hydrogen-bond acceptors (Lipinski definition) is 4. The van der Waals surface area contributed by atoms with Crippen molar-refractivity contribution in [1.82, 2.24) is 4.98 Å². The van der Waals surface area contributed by atoms with Gasteiger partial charge in [-0.1, -0.05) is 30.3 Å². The number of para-hydroxylation sites is 2. The van der Waals surface area contributed by atoms with Crippen LogP contribution in [0.4, 0.5) is 0 Å². The van der Waals surface area contributed by atoms with Gasteiger partial charge in [-0.2, -0.15) is 0 Å². The second kappa shape index (κ2) is 8.15. The summed E-state index contributed by atoms with van der Waals surface area (Å²) in [7, 11) is 1.55. The van der Waals surface area contributed by atoms with Crippen molar-refractivity contribution < 1.29 is 14.9 Å². The molecule has 0 spiro atoms. The first-order valence-electron chi connectivity index (χ1n) is 6.07. The molecule has 3 aromatic rings. The van der Waals surface area contributed by atoms with Gasteiger partial charge in [0.25, 0.3) is 0 Å². The Hall–Kier alpha value is -2.22. The normalized spacial score (nSPS) is 9.19. The summed E-state index contributed by atoms with van der Waals surface area (Å²) < 4.78 is 4.96. The second-order valence-corrected chi connectivity index (χ2v) is 4.04. The van der Waals surface area contributed by atoms with E-state index >= 15 is 0 Å². The number of methoxy groups -OCH3 is 1. The average Bonchev–Trinajstić information content (AvgIpc) is 2.49. The molecule has 4 nitrogen and oxygen atoms in total. The number of nitrogens with zero attached hydrogens (tertiary/aromatic N) is 1. The Kier molecular flexibility index (Phi) is 6.54. The molecule has 0 amide bonds. The molecule has 0 unspecified atom stereocenters. The lowest BCUT2D eigenvalue weighted by Gasteiger charge is -2.02. The van der Waals surface area contributed by atoms with Crippen LogP contribution < -0.4 is 4.74 Å². The molecule has 0 aliphatic rings. The van der Waals surface area contributed by atoms with Crippen LogP contribution in [0, 0.1) is 0 Å². The van der Waals surface area contributed by atoms with Crippen LogP contribution >= 0.6 is 0 Å². The Morgan fingerprint density at radius 3 is 2.14 bits per heavy atom. The molecule has 1 aromatic heterocycles. The van der Waals surface area contributed by atoms with Crippen molar-refractivity contribution in [2.45, 2.75) is 0 Å². The van der Waals surface area contributed by atoms with Crippen molar-refractivity contribution >= 4 is 28.3 Å². The van der Waals surface area contributed by atoms with Crippen LogP contribution in [0.15, 0.2) is 60.7 Å². The molecule has 5 heteroatoms. The molecular weight excluding hydrogens is 281 g/mol. The molecule has 0 aliphatic carbocycles. The van der Waals surface area contributed by atoms with E-state index in [1.807, 2.05) is 18.2 Å². The Bertz CT molecular complexity index is 689. The maximum atomic E-state index is 9.47. The summed E-state index contributed by atoms with van der Waals surface area (Å²) in [6, 6.07) is 17.6. The van der Waals surface area contributed by atoms with Crippen molar-refractivity contribution in [2.75, 3.05) is 7.11 Å². The first-order valence-corrected chi connectivity index (χ1v) is 6.07. The Morgan fingerprint density at radius 2 is 1.57 bits per heavy atom. The van der Waals surface area contributed by atoms with Gasteiger partial charge in [0, 0.05) is 28.8 Å². The smallest absolute Gasteiger partial charge is 0.213 e. The van der Waals surface area contributed by atoms with E-state index in [0.717, 1.165) is 5.39 Å². The zero-order valence-electron chi connectivity index (χ0n) is 11.6. The second-order valence-electron chi connectivity index (χ2n) is 4.04. The molecule has 3 radical (unpaired) electrons. The number of benzene rings is 2. The van der Waals surface area contributed by atoms with Crippen LogP contribution in [-0.4, -0.2) is 39.7 Å². The molecule has 0 bridgehead atoms. The van der Waals surface area contributed by atoms with Crippen molar-refractivity contribution in [1.29, 1.82) is 0 Å². The van der Waals surface area contributed by atoms with E-state index in [9.17, 15) is 5.11 Å². The van der Waals surface area contributed by atoms with Crippen LogP contribution in [0.1, 0.15) is 0 Å². The number of aromatic nitrogens is 1. The molecule has 0 fully saturated rings. The van der Waals surface area contributed by atoms with Gasteiger partial charge in [-0.3, -0.25) is 0 Å². The minimum Gasteiger partial charge on any atom is -0.508 e. The molecule has 0 atom stereocenters. The van der Waals surface area contributed by atoms with Gasteiger partial charge in [0.05, 0.1) is 7.11 Å². The van der Waals surface area contributed by atoms with Gasteiger partial charge >= 0.3 is 0 Å². The number of fused-ring (bicyclic) bond motifs is 1. The Morgan fingerprint density at radius 1 is 0.857 bits per heavy atom. The predicted molar refractivity (Wildman–Crippen MR) is 83.8 cm³/mol. The highest BCUT2D eigenvalue weighted by Crippen LogP contribution is 2.24. The minimum absolute atomic E-state index is 0. The zero-order valence-corrected chi connectivity index (χ0v) is 12.8. The topological polar surface area (TPSA) is 62.6 Å². The Balaban J connectivity index is 0.000000236. The number of aromatic hydroxyl groups is 2. The maximum absolute atomic E-state index is 9.47. The highest BCUT2D eigenvalue weighted by atomic mass is 27.0. The van der Waals surface area contributed by atoms with Crippen molar-refractivity contribution in [2.24, 2.45) is 0 Å². The van der Waals surface area contributed by atoms with E-state index in [1.165, 1.54) is 0 Å². The molecule has 105 valence electrons. The van der Waals surface area contributed by atoms with Gasteiger partial charge in [0.2, 0.25) is 5.88 Å². The average molecular weight is 296 g/mol. The lowest BCUT2D eigenvalue weighted by atomic mass is 10.2. The predicted octanol–water partition coefficient (Wildman–Crippen LogP) is 2.96. The maximum Gasteiger partial charge on any atom is 0.213 e. The molecule has 2 aromatic carbocycles. The lowest BCUT2D eigenvalue weighted by molar-refractivity contribution is 0.398. The number of pyridine rings is 1. The third-order valence-electron chi connectivity index (χ3n) is 2.64. The van der Waals surface area contributed by atoms with Gasteiger partial charge in [0.15, 0.2) is 0 Å². The highest BCUT2D eigenvalue weighted by molar-refractivity contribution is 5.84. The van der Waals surface area contributed by atoms with Crippen LogP contribution in [-0.2, 0) is 0 Å². The number of rotatable bonds is 1. The van der Waals surface area contributed by atoms with E-state index in [-0.39, 0.29) is 23.1 Å². The van der Waals surface area contributed by atoms with Crippen LogP contribution in [0.3, 0.4) is 0 Å². The molecule has 1 heterocycles. The molecular formula is C16H15AlNO3. The summed E-state index contributed by atoms with van der Waals surface area (Å²) in [4.78, 5) is 4.12. The first-order chi connectivity index (χ1) is 9.70. The van der Waals surface area contributed by atoms with Crippen LogP contribution in [0.25, 0.3) is 10.9 Å². The molecule has 2 N–H and O–H groups in total. The summed E-state index contributed by atoms with van der Waals surface area (Å²) in [6.07, 6.45) is 0. The largest absolute Gasteiger partial charge is 0.508 e. The number of phenolic OH excluding ortho intramolecular Hbond substituents is 2. The van der Waals surface area contributed by atoms with Gasteiger partial charge in [-0.15, -0.1) is 0 Å². The zero-order chi connectivity index (χ0) is 14.4. The van der Waals surface area contributed by atoms with E-state index in [1.54, 1.807) is 49.6 Å². The Labute approximate surface area is 133 Å². The number of ether oxygens (including phenoxy) is 1. The minimum atomic E-state index is 0. The summed E-state index contributed by atoms with van der Waals surface area (Å²) >= 11 is 0. The first kappa shape index (κ1) is 16.8. The van der Waals surface area contributed by atoms with Crippen molar-refractivity contribution in [3.63, 3.8) is 0 Å². The quantitative estimate of drug-likeness (QED) is 0.678. The molecule has 0 saturated heterocycles. The van der Waals surface area contributed by atoms with Crippen LogP contribution in [0.2, 0.25) is 0 Å². The fourth-order valence-electron chi connectivity index (χ4n) is 1.66. The van der Waals surface area contributed by atoms with E-state index in [2.05, 4.69) is 4.98 Å². The molecule has 0 saturated carbocycles. The number of hydrogen-bond donors (Lipinski definition) is 2. The SMILES string of the molecule is COc1ccc2cccc(O)c2n1.Oc1ccccc1.[Al]. The molecule has 21 heavy (non-hydrogen) atoms. The molecule has 0 aliphatic heterocycles. The standard InChI is InChI=1S/C10H9NO2.C6H6O.Al/c1-13-9-6-5-7-3-2-4-8(12)10(7)11-9;7-6-4-2-1-3-5-6;/h2-6,12H,1H3;1-5,7H;. The third-order valence-corrected chi connectivity index (χ3v) is 2.64. The summed E-state index contributed by atoms with van der Waals surface area (Å²) in [5.74, 6) is 1.01. The van der Waals surface area contributed by atoms with Gasteiger partial charge in [0.1, 0.15) is 17.0 Å². The van der Waals surface area contributed by atoms with Crippen molar-refractivity contribution in [3.8, 4) is 17.4 Å². The van der Waals surface area contributed by atoms with Gasteiger partial charge in [-0.25, -0.2) is 4.98 Å². The summed E-state index contributed by atoms with van der Waals surface area (Å²) in [5.41, 5.74) is 0.571. The number of phenols is 2. The summed E-state index contributed by atoms with van der Waals surface area (Å²) in [5, 5.41) is 19.0. The van der Waals surface area contributed by atoms with E-state index in [4.69, 9.17) is 9.84 Å². The lowest BCUT2D eigenvalue weighted by Crippen LogP contribution is -1.87. The third kappa shape index (κ3) is 4.67. The van der Waals surface area contributed by atoms with Gasteiger partial charge in [-0.05, 0) is 24.3 Å². The van der Waals surface area contributed by atoms with E-state index < -0.39 is 0 Å². The fourth-order valence-corrected chi connectivity index (χ4v) is 1.66. The van der Waals surface area contributed by atoms with Crippen molar-refractivity contribution in [3.05, 3.63) is 60.7 Å². The fraction of sp³-hybridized carbons (Fsp3) is 0.0625.